The first-order valence-corrected chi connectivity index (χ1v) is 8.73. The maximum absolute atomic E-state index is 12.3. The predicted molar refractivity (Wildman–Crippen MR) is 101 cm³/mol. The molecule has 3 rings (SSSR count). The Labute approximate surface area is 161 Å². The van der Waals surface area contributed by atoms with Gasteiger partial charge in [0.15, 0.2) is 11.7 Å². The standard InChI is InChI=1S/C21H21NO6/c22-19(25)21(27)13-12-20(26,15-4-2-1-3-5-15)18(21)28-17(24)11-8-14-6-9-16(23)10-7-14/h1-11,18,23,26-27H,12-13H2,(H2,22,25)/t18-,20+,21-/m1/s1. The Morgan fingerprint density at radius 2 is 1.68 bits per heavy atom. The number of aliphatic hydroxyl groups is 2. The number of phenols is 1. The molecule has 0 unspecified atom stereocenters. The van der Waals surface area contributed by atoms with Crippen LogP contribution in [0.1, 0.15) is 24.0 Å². The molecule has 0 aliphatic heterocycles. The molecule has 0 radical (unpaired) electrons. The molecule has 2 aromatic rings. The summed E-state index contributed by atoms with van der Waals surface area (Å²) in [7, 11) is 0. The molecule has 2 aromatic carbocycles. The maximum atomic E-state index is 12.3. The summed E-state index contributed by atoms with van der Waals surface area (Å²) in [6.07, 6.45) is 0.847. The number of ether oxygens (including phenoxy) is 1. The van der Waals surface area contributed by atoms with Crippen LogP contribution in [0.4, 0.5) is 0 Å². The number of carbonyl (C=O) groups is 2. The van der Waals surface area contributed by atoms with Crippen LogP contribution in [0, 0.1) is 0 Å². The summed E-state index contributed by atoms with van der Waals surface area (Å²) in [6, 6.07) is 14.5. The second-order valence-corrected chi connectivity index (χ2v) is 6.82. The van der Waals surface area contributed by atoms with E-state index < -0.39 is 29.2 Å². The number of nitrogens with two attached hydrogens (primary N) is 1. The minimum Gasteiger partial charge on any atom is -0.508 e. The van der Waals surface area contributed by atoms with Crippen molar-refractivity contribution in [1.29, 1.82) is 0 Å². The molecule has 0 spiro atoms. The van der Waals surface area contributed by atoms with Crippen LogP contribution in [-0.4, -0.2) is 38.9 Å². The molecule has 7 nitrogen and oxygen atoms in total. The monoisotopic (exact) mass is 383 g/mol. The summed E-state index contributed by atoms with van der Waals surface area (Å²) in [5.74, 6) is -1.83. The molecule has 1 fully saturated rings. The summed E-state index contributed by atoms with van der Waals surface area (Å²) in [6.45, 7) is 0. The first-order chi connectivity index (χ1) is 13.3. The lowest BCUT2D eigenvalue weighted by atomic mass is 9.86. The van der Waals surface area contributed by atoms with E-state index in [4.69, 9.17) is 10.5 Å². The highest BCUT2D eigenvalue weighted by Gasteiger charge is 2.62. The highest BCUT2D eigenvalue weighted by atomic mass is 16.6. The van der Waals surface area contributed by atoms with Gasteiger partial charge in [-0.25, -0.2) is 4.79 Å². The van der Waals surface area contributed by atoms with Gasteiger partial charge < -0.3 is 25.8 Å². The van der Waals surface area contributed by atoms with Gasteiger partial charge in [0.05, 0.1) is 0 Å². The van der Waals surface area contributed by atoms with Gasteiger partial charge in [0.25, 0.3) is 5.91 Å². The number of hydrogen-bond donors (Lipinski definition) is 4. The molecule has 1 saturated carbocycles. The smallest absolute Gasteiger partial charge is 0.331 e. The van der Waals surface area contributed by atoms with Crippen molar-refractivity contribution >= 4 is 18.0 Å². The lowest BCUT2D eigenvalue weighted by molar-refractivity contribution is -0.184. The second-order valence-electron chi connectivity index (χ2n) is 6.82. The van der Waals surface area contributed by atoms with Crippen LogP contribution in [0.25, 0.3) is 6.08 Å². The van der Waals surface area contributed by atoms with Crippen molar-refractivity contribution in [2.75, 3.05) is 0 Å². The number of carbonyl (C=O) groups excluding carboxylic acids is 2. The van der Waals surface area contributed by atoms with Crippen molar-refractivity contribution < 1.29 is 29.6 Å². The van der Waals surface area contributed by atoms with Gasteiger partial charge in [-0.15, -0.1) is 0 Å². The molecule has 1 aliphatic carbocycles. The van der Waals surface area contributed by atoms with Gasteiger partial charge in [0.2, 0.25) is 0 Å². The molecule has 7 heteroatoms. The SMILES string of the molecule is NC(=O)[C@@]1(O)CC[C@](O)(c2ccccc2)[C@H]1OC(=O)C=Cc1ccc(O)cc1. The van der Waals surface area contributed by atoms with Gasteiger partial charge in [0, 0.05) is 6.08 Å². The highest BCUT2D eigenvalue weighted by molar-refractivity contribution is 5.89. The normalized spacial score (nSPS) is 27.0. The number of primary amides is 1. The van der Waals surface area contributed by atoms with Crippen molar-refractivity contribution in [3.05, 3.63) is 71.8 Å². The molecule has 28 heavy (non-hydrogen) atoms. The molecule has 0 saturated heterocycles. The molecule has 0 heterocycles. The average molecular weight is 383 g/mol. The number of hydrogen-bond acceptors (Lipinski definition) is 6. The van der Waals surface area contributed by atoms with Crippen LogP contribution in [0.15, 0.2) is 60.7 Å². The summed E-state index contributed by atoms with van der Waals surface area (Å²) < 4.78 is 5.33. The Morgan fingerprint density at radius 1 is 1.04 bits per heavy atom. The maximum Gasteiger partial charge on any atom is 0.331 e. The van der Waals surface area contributed by atoms with Gasteiger partial charge in [-0.1, -0.05) is 42.5 Å². The topological polar surface area (TPSA) is 130 Å². The molecular formula is C21H21NO6. The van der Waals surface area contributed by atoms with Gasteiger partial charge in [-0.05, 0) is 42.2 Å². The lowest BCUT2D eigenvalue weighted by Crippen LogP contribution is -2.56. The Kier molecular flexibility index (Phi) is 5.22. The van der Waals surface area contributed by atoms with E-state index in [0.29, 0.717) is 11.1 Å². The van der Waals surface area contributed by atoms with Crippen molar-refractivity contribution in [2.45, 2.75) is 30.1 Å². The third-order valence-electron chi connectivity index (χ3n) is 4.99. The van der Waals surface area contributed by atoms with E-state index in [1.165, 1.54) is 18.2 Å². The minimum atomic E-state index is -2.19. The van der Waals surface area contributed by atoms with Crippen LogP contribution in [-0.2, 0) is 19.9 Å². The van der Waals surface area contributed by atoms with Crippen molar-refractivity contribution in [1.82, 2.24) is 0 Å². The molecular weight excluding hydrogens is 362 g/mol. The first kappa shape index (κ1) is 19.6. The molecule has 0 aromatic heterocycles. The number of esters is 1. The molecule has 0 bridgehead atoms. The Bertz CT molecular complexity index is 895. The molecule has 1 aliphatic rings. The minimum absolute atomic E-state index is 0.00389. The fourth-order valence-electron chi connectivity index (χ4n) is 3.41. The van der Waals surface area contributed by atoms with Gasteiger partial charge in [0.1, 0.15) is 11.4 Å². The third kappa shape index (κ3) is 3.62. The lowest BCUT2D eigenvalue weighted by Gasteiger charge is -2.35. The van der Waals surface area contributed by atoms with Crippen molar-refractivity contribution in [3.63, 3.8) is 0 Å². The number of rotatable bonds is 5. The number of aromatic hydroxyl groups is 1. The van der Waals surface area contributed by atoms with E-state index in [9.17, 15) is 24.9 Å². The van der Waals surface area contributed by atoms with Gasteiger partial charge >= 0.3 is 5.97 Å². The average Bonchev–Trinajstić information content (AvgIpc) is 2.96. The quantitative estimate of drug-likeness (QED) is 0.454. The summed E-state index contributed by atoms with van der Waals surface area (Å²) in [5, 5.41) is 31.2. The third-order valence-corrected chi connectivity index (χ3v) is 4.99. The van der Waals surface area contributed by atoms with E-state index in [-0.39, 0.29) is 18.6 Å². The number of amides is 1. The van der Waals surface area contributed by atoms with Gasteiger partial charge in [-0.2, -0.15) is 0 Å². The molecule has 1 amide bonds. The fourth-order valence-corrected chi connectivity index (χ4v) is 3.41. The Morgan fingerprint density at radius 3 is 2.29 bits per heavy atom. The van der Waals surface area contributed by atoms with Crippen molar-refractivity contribution in [3.8, 4) is 5.75 Å². The van der Waals surface area contributed by atoms with Gasteiger partial charge in [-0.3, -0.25) is 4.79 Å². The molecule has 146 valence electrons. The van der Waals surface area contributed by atoms with E-state index in [2.05, 4.69) is 0 Å². The Hall–Kier alpha value is -3.16. The first-order valence-electron chi connectivity index (χ1n) is 8.73. The van der Waals surface area contributed by atoms with E-state index in [1.807, 2.05) is 0 Å². The second kappa shape index (κ2) is 7.46. The largest absolute Gasteiger partial charge is 0.508 e. The van der Waals surface area contributed by atoms with E-state index in [1.54, 1.807) is 42.5 Å². The fraction of sp³-hybridized carbons (Fsp3) is 0.238. The van der Waals surface area contributed by atoms with E-state index in [0.717, 1.165) is 6.08 Å². The van der Waals surface area contributed by atoms with Crippen LogP contribution >= 0.6 is 0 Å². The van der Waals surface area contributed by atoms with Crippen molar-refractivity contribution in [2.24, 2.45) is 5.73 Å². The Balaban J connectivity index is 1.87. The molecule has 5 N–H and O–H groups in total. The van der Waals surface area contributed by atoms with Crippen LogP contribution in [0.2, 0.25) is 0 Å². The van der Waals surface area contributed by atoms with Crippen LogP contribution in [0.5, 0.6) is 5.75 Å². The zero-order valence-corrected chi connectivity index (χ0v) is 15.0. The zero-order chi connectivity index (χ0) is 20.4. The van der Waals surface area contributed by atoms with Crippen LogP contribution < -0.4 is 5.73 Å². The van der Waals surface area contributed by atoms with Crippen LogP contribution in [0.3, 0.4) is 0 Å². The number of phenolic OH excluding ortho intramolecular Hbond substituents is 1. The summed E-state index contributed by atoms with van der Waals surface area (Å²) in [4.78, 5) is 24.2. The van der Waals surface area contributed by atoms with E-state index >= 15 is 0 Å². The predicted octanol–water partition coefficient (Wildman–Crippen LogP) is 1.22. The summed E-state index contributed by atoms with van der Waals surface area (Å²) in [5.41, 5.74) is 2.44. The summed E-state index contributed by atoms with van der Waals surface area (Å²) >= 11 is 0. The molecule has 3 atom stereocenters. The zero-order valence-electron chi connectivity index (χ0n) is 15.0. The highest BCUT2D eigenvalue weighted by Crippen LogP contribution is 2.46. The number of benzene rings is 2.